The molecule has 0 saturated carbocycles. The van der Waals surface area contributed by atoms with Crippen molar-refractivity contribution < 1.29 is 0 Å². The van der Waals surface area contributed by atoms with E-state index in [-0.39, 0.29) is 0 Å². The van der Waals surface area contributed by atoms with Gasteiger partial charge in [-0.3, -0.25) is 4.57 Å². The Labute approximate surface area is 108 Å². The van der Waals surface area contributed by atoms with Gasteiger partial charge in [-0.2, -0.15) is 0 Å². The van der Waals surface area contributed by atoms with Gasteiger partial charge in [0.25, 0.3) is 0 Å². The molecule has 3 aromatic rings. The summed E-state index contributed by atoms with van der Waals surface area (Å²) in [6.07, 6.45) is 1.49. The summed E-state index contributed by atoms with van der Waals surface area (Å²) in [5.41, 5.74) is 3.12. The third kappa shape index (κ3) is 1.21. The molecule has 0 spiro atoms. The zero-order chi connectivity index (χ0) is 12.1. The van der Waals surface area contributed by atoms with Crippen LogP contribution >= 0.6 is 11.6 Å². The number of anilines is 1. The summed E-state index contributed by atoms with van der Waals surface area (Å²) in [5, 5.41) is 4.94. The maximum Gasteiger partial charge on any atom is 0.165 e. The highest BCUT2D eigenvalue weighted by Gasteiger charge is 2.21. The number of rotatable bonds is 0. The monoisotopic (exact) mass is 256 g/mol. The Morgan fingerprint density at radius 1 is 1.22 bits per heavy atom. The van der Waals surface area contributed by atoms with E-state index < -0.39 is 0 Å². The summed E-state index contributed by atoms with van der Waals surface area (Å²) < 4.78 is 2.13. The number of para-hydroxylation sites is 1. The van der Waals surface area contributed by atoms with E-state index in [4.69, 9.17) is 11.6 Å². The number of nitrogens with one attached hydrogen (secondary N) is 1. The molecule has 0 aliphatic carbocycles. The highest BCUT2D eigenvalue weighted by Crippen LogP contribution is 2.34. The molecule has 1 aromatic carbocycles. The SMILES string of the molecule is Clc1ncnc2c1NCc1cc3ccccc3n1-2. The number of benzene rings is 1. The second-order valence-electron chi connectivity index (χ2n) is 4.25. The molecular weight excluding hydrogens is 248 g/mol. The molecule has 1 aliphatic rings. The fraction of sp³-hybridized carbons (Fsp3) is 0.0769. The predicted molar refractivity (Wildman–Crippen MR) is 71.2 cm³/mol. The molecule has 88 valence electrons. The molecule has 0 atom stereocenters. The van der Waals surface area contributed by atoms with Crippen molar-refractivity contribution in [2.24, 2.45) is 0 Å². The number of nitrogens with zero attached hydrogens (tertiary/aromatic N) is 3. The Morgan fingerprint density at radius 2 is 2.11 bits per heavy atom. The Kier molecular flexibility index (Phi) is 1.91. The smallest absolute Gasteiger partial charge is 0.165 e. The summed E-state index contributed by atoms with van der Waals surface area (Å²) in [6.45, 7) is 0.731. The van der Waals surface area contributed by atoms with Gasteiger partial charge >= 0.3 is 0 Å². The summed E-state index contributed by atoms with van der Waals surface area (Å²) >= 11 is 6.10. The molecule has 0 radical (unpaired) electrons. The van der Waals surface area contributed by atoms with Crippen LogP contribution in [0.3, 0.4) is 0 Å². The lowest BCUT2D eigenvalue weighted by Crippen LogP contribution is -2.16. The van der Waals surface area contributed by atoms with E-state index >= 15 is 0 Å². The molecule has 0 bridgehead atoms. The lowest BCUT2D eigenvalue weighted by molar-refractivity contribution is 0.884. The fourth-order valence-electron chi connectivity index (χ4n) is 2.45. The van der Waals surface area contributed by atoms with E-state index in [2.05, 4.69) is 38.1 Å². The highest BCUT2D eigenvalue weighted by atomic mass is 35.5. The lowest BCUT2D eigenvalue weighted by Gasteiger charge is -2.21. The van der Waals surface area contributed by atoms with Crippen molar-refractivity contribution >= 4 is 28.2 Å². The number of hydrogen-bond acceptors (Lipinski definition) is 3. The van der Waals surface area contributed by atoms with Gasteiger partial charge < -0.3 is 5.32 Å². The van der Waals surface area contributed by atoms with Gasteiger partial charge in [-0.25, -0.2) is 9.97 Å². The average molecular weight is 257 g/mol. The van der Waals surface area contributed by atoms with Crippen LogP contribution in [0.15, 0.2) is 36.7 Å². The lowest BCUT2D eigenvalue weighted by atomic mass is 10.2. The van der Waals surface area contributed by atoms with Gasteiger partial charge in [0, 0.05) is 11.1 Å². The maximum absolute atomic E-state index is 6.10. The van der Waals surface area contributed by atoms with Crippen molar-refractivity contribution in [3.8, 4) is 5.82 Å². The maximum atomic E-state index is 6.10. The van der Waals surface area contributed by atoms with Crippen LogP contribution in [0.5, 0.6) is 0 Å². The summed E-state index contributed by atoms with van der Waals surface area (Å²) in [6, 6.07) is 10.4. The Balaban J connectivity index is 2.13. The third-order valence-electron chi connectivity index (χ3n) is 3.23. The van der Waals surface area contributed by atoms with E-state index in [1.807, 2.05) is 12.1 Å². The molecule has 1 aliphatic heterocycles. The van der Waals surface area contributed by atoms with Crippen molar-refractivity contribution in [3.05, 3.63) is 47.5 Å². The Morgan fingerprint density at radius 3 is 3.06 bits per heavy atom. The van der Waals surface area contributed by atoms with Crippen molar-refractivity contribution in [2.75, 3.05) is 5.32 Å². The molecule has 3 heterocycles. The minimum Gasteiger partial charge on any atom is -0.374 e. The van der Waals surface area contributed by atoms with Crippen molar-refractivity contribution in [3.63, 3.8) is 0 Å². The van der Waals surface area contributed by atoms with Gasteiger partial charge in [0.2, 0.25) is 0 Å². The Bertz CT molecular complexity index is 763. The van der Waals surface area contributed by atoms with Crippen LogP contribution in [0.4, 0.5) is 5.69 Å². The normalized spacial score (nSPS) is 12.9. The van der Waals surface area contributed by atoms with Gasteiger partial charge in [-0.05, 0) is 12.1 Å². The van der Waals surface area contributed by atoms with Crippen molar-refractivity contribution in [2.45, 2.75) is 6.54 Å². The van der Waals surface area contributed by atoms with Gasteiger partial charge in [0.05, 0.1) is 12.1 Å². The van der Waals surface area contributed by atoms with Crippen LogP contribution in [0.1, 0.15) is 5.69 Å². The minimum atomic E-state index is 0.462. The molecule has 0 unspecified atom stereocenters. The molecule has 5 heteroatoms. The van der Waals surface area contributed by atoms with E-state index in [0.717, 1.165) is 23.6 Å². The van der Waals surface area contributed by atoms with Crippen LogP contribution < -0.4 is 5.32 Å². The standard InChI is InChI=1S/C13H9ClN4/c14-12-11-13(17-7-16-12)18-9(6-15-11)5-8-3-1-2-4-10(8)18/h1-5,7,15H,6H2. The molecule has 4 nitrogen and oxygen atoms in total. The number of aromatic nitrogens is 3. The average Bonchev–Trinajstić information content (AvgIpc) is 2.77. The minimum absolute atomic E-state index is 0.462. The molecule has 0 amide bonds. The molecule has 0 fully saturated rings. The Hall–Kier alpha value is -2.07. The first-order valence-electron chi connectivity index (χ1n) is 5.69. The molecule has 4 rings (SSSR count). The van der Waals surface area contributed by atoms with Gasteiger partial charge in [-0.15, -0.1) is 0 Å². The molecule has 0 saturated heterocycles. The number of fused-ring (bicyclic) bond motifs is 5. The molecule has 1 N–H and O–H groups in total. The second kappa shape index (κ2) is 3.46. The van der Waals surface area contributed by atoms with Gasteiger partial charge in [-0.1, -0.05) is 29.8 Å². The number of halogens is 1. The second-order valence-corrected chi connectivity index (χ2v) is 4.60. The quantitative estimate of drug-likeness (QED) is 0.629. The first-order chi connectivity index (χ1) is 8.84. The van der Waals surface area contributed by atoms with Gasteiger partial charge in [0.1, 0.15) is 12.0 Å². The zero-order valence-electron chi connectivity index (χ0n) is 9.39. The molecule has 2 aromatic heterocycles. The van der Waals surface area contributed by atoms with Crippen LogP contribution in [-0.4, -0.2) is 14.5 Å². The van der Waals surface area contributed by atoms with Crippen LogP contribution in [0, 0.1) is 0 Å². The largest absolute Gasteiger partial charge is 0.374 e. The summed E-state index contributed by atoms with van der Waals surface area (Å²) in [5.74, 6) is 0.817. The third-order valence-corrected chi connectivity index (χ3v) is 3.51. The topological polar surface area (TPSA) is 42.7 Å². The first kappa shape index (κ1) is 9.91. The van der Waals surface area contributed by atoms with E-state index in [1.165, 1.54) is 17.4 Å². The van der Waals surface area contributed by atoms with Crippen LogP contribution in [-0.2, 0) is 6.54 Å². The highest BCUT2D eigenvalue weighted by molar-refractivity contribution is 6.32. The van der Waals surface area contributed by atoms with Crippen molar-refractivity contribution in [1.29, 1.82) is 0 Å². The van der Waals surface area contributed by atoms with E-state index in [9.17, 15) is 0 Å². The van der Waals surface area contributed by atoms with Gasteiger partial charge in [0.15, 0.2) is 11.0 Å². The van der Waals surface area contributed by atoms with E-state index in [0.29, 0.717) is 5.15 Å². The molecular formula is C13H9ClN4. The summed E-state index contributed by atoms with van der Waals surface area (Å²) in [4.78, 5) is 8.36. The summed E-state index contributed by atoms with van der Waals surface area (Å²) in [7, 11) is 0. The number of hydrogen-bond donors (Lipinski definition) is 1. The fourth-order valence-corrected chi connectivity index (χ4v) is 2.64. The van der Waals surface area contributed by atoms with Crippen LogP contribution in [0.2, 0.25) is 5.15 Å². The van der Waals surface area contributed by atoms with Crippen molar-refractivity contribution in [1.82, 2.24) is 14.5 Å². The molecule has 18 heavy (non-hydrogen) atoms. The van der Waals surface area contributed by atoms with Crippen LogP contribution in [0.25, 0.3) is 16.7 Å². The zero-order valence-corrected chi connectivity index (χ0v) is 10.1. The first-order valence-corrected chi connectivity index (χ1v) is 6.06. The van der Waals surface area contributed by atoms with E-state index in [1.54, 1.807) is 0 Å². The predicted octanol–water partition coefficient (Wildman–Crippen LogP) is 3.00.